The summed E-state index contributed by atoms with van der Waals surface area (Å²) in [6.07, 6.45) is 6.36. The summed E-state index contributed by atoms with van der Waals surface area (Å²) in [5.74, 6) is -0.104. The van der Waals surface area contributed by atoms with Crippen molar-refractivity contribution in [2.75, 3.05) is 36.0 Å². The Balaban J connectivity index is 1.55. The molecule has 2 atom stereocenters. The molecule has 0 amide bonds. The van der Waals surface area contributed by atoms with Crippen molar-refractivity contribution in [3.63, 3.8) is 0 Å². The molecule has 142 valence electrons. The molecule has 0 unspecified atom stereocenters. The predicted octanol–water partition coefficient (Wildman–Crippen LogP) is 1.14. The summed E-state index contributed by atoms with van der Waals surface area (Å²) in [6, 6.07) is 5.62. The summed E-state index contributed by atoms with van der Waals surface area (Å²) in [5.41, 5.74) is 0.925. The summed E-state index contributed by atoms with van der Waals surface area (Å²) in [6.45, 7) is 2.43. The number of carboxylic acid groups (broad SMARTS) is 1. The molecule has 4 rings (SSSR count). The molecule has 2 aliphatic heterocycles. The smallest absolute Gasteiger partial charge is 0.308 e. The number of aromatic nitrogens is 3. The van der Waals surface area contributed by atoms with Crippen LogP contribution in [-0.4, -0.2) is 63.4 Å². The van der Waals surface area contributed by atoms with Gasteiger partial charge in [-0.05, 0) is 30.5 Å². The maximum atomic E-state index is 11.8. The molecule has 2 aromatic heterocycles. The second-order valence-corrected chi connectivity index (χ2v) is 7.18. The number of hydrogen-bond donors (Lipinski definition) is 2. The van der Waals surface area contributed by atoms with Gasteiger partial charge in [0.1, 0.15) is 5.82 Å². The van der Waals surface area contributed by atoms with Crippen molar-refractivity contribution in [3.8, 4) is 0 Å². The number of carbonyl (C=O) groups is 1. The molecule has 2 N–H and O–H groups in total. The summed E-state index contributed by atoms with van der Waals surface area (Å²) >= 11 is 0. The Morgan fingerprint density at radius 1 is 1.11 bits per heavy atom. The lowest BCUT2D eigenvalue weighted by molar-refractivity contribution is -0.141. The Morgan fingerprint density at radius 2 is 1.93 bits per heavy atom. The van der Waals surface area contributed by atoms with Crippen LogP contribution in [0.3, 0.4) is 0 Å². The van der Waals surface area contributed by atoms with Crippen LogP contribution in [0, 0.1) is 5.92 Å². The van der Waals surface area contributed by atoms with E-state index in [9.17, 15) is 15.0 Å². The van der Waals surface area contributed by atoms with Crippen LogP contribution >= 0.6 is 0 Å². The van der Waals surface area contributed by atoms with Gasteiger partial charge in [0.05, 0.1) is 12.0 Å². The van der Waals surface area contributed by atoms with Gasteiger partial charge in [0.2, 0.25) is 5.95 Å². The van der Waals surface area contributed by atoms with Crippen LogP contribution in [0.4, 0.5) is 11.8 Å². The number of carboxylic acids is 1. The lowest BCUT2D eigenvalue weighted by atomic mass is 9.90. The number of nitrogens with zero attached hydrogens (tertiary/aromatic N) is 5. The van der Waals surface area contributed by atoms with Crippen LogP contribution in [-0.2, 0) is 4.79 Å². The summed E-state index contributed by atoms with van der Waals surface area (Å²) in [4.78, 5) is 29.1. The van der Waals surface area contributed by atoms with Gasteiger partial charge in [0, 0.05) is 50.7 Å². The number of aliphatic hydroxyl groups is 1. The van der Waals surface area contributed by atoms with Gasteiger partial charge >= 0.3 is 5.97 Å². The minimum atomic E-state index is -0.812. The van der Waals surface area contributed by atoms with E-state index in [0.717, 1.165) is 37.3 Å². The Hall–Kier alpha value is -2.74. The Labute approximate surface area is 157 Å². The molecular weight excluding hydrogens is 346 g/mol. The molecule has 2 saturated heterocycles. The van der Waals surface area contributed by atoms with Gasteiger partial charge in [-0.25, -0.2) is 4.98 Å². The highest BCUT2D eigenvalue weighted by molar-refractivity contribution is 5.73. The lowest BCUT2D eigenvalue weighted by Gasteiger charge is -2.31. The van der Waals surface area contributed by atoms with Crippen LogP contribution in [0.5, 0.6) is 0 Å². The van der Waals surface area contributed by atoms with Gasteiger partial charge in [0.15, 0.2) is 0 Å². The molecule has 8 nitrogen and oxygen atoms in total. The first-order valence-electron chi connectivity index (χ1n) is 9.25. The maximum absolute atomic E-state index is 11.8. The molecule has 4 heterocycles. The molecule has 0 saturated carbocycles. The fourth-order valence-electron chi connectivity index (χ4n) is 3.91. The number of aliphatic carboxylic acids is 1. The third-order valence-electron chi connectivity index (χ3n) is 5.45. The number of pyridine rings is 1. The number of rotatable bonds is 4. The number of piperidine rings is 1. The molecule has 0 spiro atoms. The second-order valence-electron chi connectivity index (χ2n) is 7.18. The van der Waals surface area contributed by atoms with E-state index in [0.29, 0.717) is 19.0 Å². The summed E-state index contributed by atoms with van der Waals surface area (Å²) < 4.78 is 0. The zero-order chi connectivity index (χ0) is 18.8. The first kappa shape index (κ1) is 17.7. The molecule has 2 fully saturated rings. The fraction of sp³-hybridized carbons (Fsp3) is 0.474. The number of aliphatic hydroxyl groups excluding tert-OH is 1. The van der Waals surface area contributed by atoms with E-state index in [1.54, 1.807) is 18.6 Å². The monoisotopic (exact) mass is 369 g/mol. The van der Waals surface area contributed by atoms with Gasteiger partial charge in [-0.15, -0.1) is 0 Å². The van der Waals surface area contributed by atoms with Crippen molar-refractivity contribution in [3.05, 3.63) is 42.4 Å². The average molecular weight is 369 g/mol. The van der Waals surface area contributed by atoms with E-state index in [1.807, 2.05) is 23.1 Å². The van der Waals surface area contributed by atoms with Crippen molar-refractivity contribution >= 4 is 17.7 Å². The highest BCUT2D eigenvalue weighted by Gasteiger charge is 2.39. The van der Waals surface area contributed by atoms with Crippen LogP contribution in [0.25, 0.3) is 0 Å². The van der Waals surface area contributed by atoms with E-state index in [4.69, 9.17) is 0 Å². The van der Waals surface area contributed by atoms with Gasteiger partial charge in [0.25, 0.3) is 0 Å². The van der Waals surface area contributed by atoms with Crippen molar-refractivity contribution in [1.29, 1.82) is 0 Å². The number of anilines is 2. The van der Waals surface area contributed by atoms with Crippen LogP contribution in [0.15, 0.2) is 36.8 Å². The topological polar surface area (TPSA) is 103 Å². The van der Waals surface area contributed by atoms with Crippen molar-refractivity contribution in [2.45, 2.75) is 24.9 Å². The molecule has 0 aromatic carbocycles. The molecule has 2 aliphatic rings. The molecular formula is C19H23N5O3. The van der Waals surface area contributed by atoms with E-state index in [2.05, 4.69) is 19.9 Å². The van der Waals surface area contributed by atoms with E-state index in [1.165, 1.54) is 0 Å². The minimum Gasteiger partial charge on any atom is -0.481 e. The molecule has 0 radical (unpaired) electrons. The largest absolute Gasteiger partial charge is 0.481 e. The summed E-state index contributed by atoms with van der Waals surface area (Å²) in [5, 5.41) is 19.4. The highest BCUT2D eigenvalue weighted by Crippen LogP contribution is 2.34. The standard InChI is InChI=1S/C19H23N5O3/c25-14-4-8-23(9-5-14)17-3-7-21-19(22-17)24-11-15(16(12-24)18(26)27)13-2-1-6-20-10-13/h1-3,6-7,10,14-16,25H,4-5,8-9,11-12H2,(H,26,27)/t15-,16+/m0/s1. The fourth-order valence-corrected chi connectivity index (χ4v) is 3.91. The van der Waals surface area contributed by atoms with Gasteiger partial charge < -0.3 is 20.0 Å². The maximum Gasteiger partial charge on any atom is 0.308 e. The zero-order valence-electron chi connectivity index (χ0n) is 15.0. The zero-order valence-corrected chi connectivity index (χ0v) is 15.0. The normalized spacial score (nSPS) is 23.6. The third kappa shape index (κ3) is 3.71. The molecule has 8 heteroatoms. The third-order valence-corrected chi connectivity index (χ3v) is 5.45. The highest BCUT2D eigenvalue weighted by atomic mass is 16.4. The average Bonchev–Trinajstić information content (AvgIpc) is 3.15. The molecule has 0 aliphatic carbocycles. The summed E-state index contributed by atoms with van der Waals surface area (Å²) in [7, 11) is 0. The minimum absolute atomic E-state index is 0.145. The van der Waals surface area contributed by atoms with E-state index >= 15 is 0 Å². The van der Waals surface area contributed by atoms with Crippen LogP contribution < -0.4 is 9.80 Å². The predicted molar refractivity (Wildman–Crippen MR) is 99.8 cm³/mol. The Morgan fingerprint density at radius 3 is 2.63 bits per heavy atom. The van der Waals surface area contributed by atoms with E-state index in [-0.39, 0.29) is 12.0 Å². The Bertz CT molecular complexity index is 795. The van der Waals surface area contributed by atoms with Gasteiger partial charge in [-0.2, -0.15) is 4.98 Å². The van der Waals surface area contributed by atoms with Crippen LogP contribution in [0.1, 0.15) is 24.3 Å². The first-order chi connectivity index (χ1) is 13.1. The van der Waals surface area contributed by atoms with Gasteiger partial charge in [-0.1, -0.05) is 6.07 Å². The van der Waals surface area contributed by atoms with Crippen LogP contribution in [0.2, 0.25) is 0 Å². The van der Waals surface area contributed by atoms with Crippen molar-refractivity contribution < 1.29 is 15.0 Å². The SMILES string of the molecule is O=C(O)[C@@H]1CN(c2nccc(N3CCC(O)CC3)n2)C[C@H]1c1cccnc1. The molecule has 0 bridgehead atoms. The number of hydrogen-bond acceptors (Lipinski definition) is 7. The van der Waals surface area contributed by atoms with Crippen molar-refractivity contribution in [1.82, 2.24) is 15.0 Å². The first-order valence-corrected chi connectivity index (χ1v) is 9.25. The van der Waals surface area contributed by atoms with E-state index < -0.39 is 11.9 Å². The quantitative estimate of drug-likeness (QED) is 0.827. The molecule has 2 aromatic rings. The van der Waals surface area contributed by atoms with Gasteiger partial charge in [-0.3, -0.25) is 9.78 Å². The molecule has 27 heavy (non-hydrogen) atoms. The lowest BCUT2D eigenvalue weighted by Crippen LogP contribution is -2.36. The second kappa shape index (κ2) is 7.48. The van der Waals surface area contributed by atoms with Crippen molar-refractivity contribution in [2.24, 2.45) is 5.92 Å². The Kier molecular flexibility index (Phi) is 4.89.